The molecule has 0 saturated heterocycles. The summed E-state index contributed by atoms with van der Waals surface area (Å²) >= 11 is 0. The van der Waals surface area contributed by atoms with E-state index in [-0.39, 0.29) is 94.7 Å². The van der Waals surface area contributed by atoms with E-state index in [9.17, 15) is 5.11 Å². The minimum absolute atomic E-state index is 0. The Hall–Kier alpha value is -1.18. The molecule has 0 bridgehead atoms. The van der Waals surface area contributed by atoms with Crippen LogP contribution in [0.3, 0.4) is 0 Å². The van der Waals surface area contributed by atoms with Gasteiger partial charge in [0.25, 0.3) is 0 Å². The fraction of sp³-hybridized carbons (Fsp3) is 0.818. The predicted octanol–water partition coefficient (Wildman–Crippen LogP) is 13.4. The quantitative estimate of drug-likeness (QED) is 0.410. The van der Waals surface area contributed by atoms with Gasteiger partial charge in [-0.3, -0.25) is 0 Å². The predicted molar refractivity (Wildman–Crippen MR) is 176 cm³/mol. The van der Waals surface area contributed by atoms with Gasteiger partial charge < -0.3 is 9.84 Å². The van der Waals surface area contributed by atoms with E-state index in [1.54, 1.807) is 0 Å². The molecule has 1 saturated carbocycles. The highest BCUT2D eigenvalue weighted by Gasteiger charge is 2.47. The Bertz CT molecular complexity index is 562. The standard InChI is InChI=1S/C21H32O2.12CH4/c1-5-6-7-8-15-12-18(22)20-16-11-14(2)9-10-17(16)21(3,4)23-19(20)13-15;;;;;;;;;;;;/h12-14,16-17,22H,5-11H2,1-4H3;12*1H4. The maximum absolute atomic E-state index is 10.7. The monoisotopic (exact) mass is 509 g/mol. The molecule has 1 fully saturated rings. The van der Waals surface area contributed by atoms with E-state index in [0.717, 1.165) is 23.7 Å². The lowest BCUT2D eigenvalue weighted by Crippen LogP contribution is -2.46. The zero-order valence-corrected chi connectivity index (χ0v) is 15.2. The molecule has 2 aliphatic rings. The van der Waals surface area contributed by atoms with Gasteiger partial charge >= 0.3 is 0 Å². The summed E-state index contributed by atoms with van der Waals surface area (Å²) in [5.74, 6) is 3.11. The molecule has 1 N–H and O–H groups in total. The van der Waals surface area contributed by atoms with Gasteiger partial charge in [-0.05, 0) is 69.1 Å². The summed E-state index contributed by atoms with van der Waals surface area (Å²) in [6.45, 7) is 9.02. The molecule has 2 nitrogen and oxygen atoms in total. The molecular weight excluding hydrogens is 428 g/mol. The third-order valence-electron chi connectivity index (χ3n) is 6.00. The molecule has 1 aliphatic heterocycles. The van der Waals surface area contributed by atoms with Crippen LogP contribution in [0.2, 0.25) is 0 Å². The Morgan fingerprint density at radius 3 is 1.83 bits per heavy atom. The number of phenols is 1. The zero-order chi connectivity index (χ0) is 16.6. The van der Waals surface area contributed by atoms with Crippen LogP contribution < -0.4 is 4.74 Å². The number of rotatable bonds is 4. The van der Waals surface area contributed by atoms with Crippen LogP contribution in [0.15, 0.2) is 12.1 Å². The first-order valence-corrected chi connectivity index (χ1v) is 9.47. The first-order valence-electron chi connectivity index (χ1n) is 9.47. The van der Waals surface area contributed by atoms with E-state index >= 15 is 0 Å². The Labute approximate surface area is 229 Å². The van der Waals surface area contributed by atoms with Crippen molar-refractivity contribution in [2.75, 3.05) is 0 Å². The minimum atomic E-state index is -0.133. The topological polar surface area (TPSA) is 29.5 Å². The van der Waals surface area contributed by atoms with Crippen LogP contribution in [0, 0.1) is 11.8 Å². The smallest absolute Gasteiger partial charge is 0.127 e. The zero-order valence-electron chi connectivity index (χ0n) is 15.2. The molecule has 0 radical (unpaired) electrons. The molecule has 1 aliphatic carbocycles. The van der Waals surface area contributed by atoms with Gasteiger partial charge in [-0.1, -0.05) is 122 Å². The van der Waals surface area contributed by atoms with Gasteiger partial charge in [0, 0.05) is 11.5 Å². The molecule has 0 aromatic heterocycles. The summed E-state index contributed by atoms with van der Waals surface area (Å²) in [7, 11) is 0. The highest BCUT2D eigenvalue weighted by atomic mass is 16.5. The van der Waals surface area contributed by atoms with Crippen LogP contribution in [0.5, 0.6) is 11.5 Å². The molecular formula is C33H80O2. The van der Waals surface area contributed by atoms with Crippen LogP contribution in [-0.4, -0.2) is 10.7 Å². The number of fused-ring (bicyclic) bond motifs is 3. The molecule has 3 unspecified atom stereocenters. The van der Waals surface area contributed by atoms with Gasteiger partial charge in [-0.15, -0.1) is 0 Å². The second-order valence-electron chi connectivity index (χ2n) is 8.32. The lowest BCUT2D eigenvalue weighted by Gasteiger charge is -2.48. The molecule has 224 valence electrons. The molecule has 3 rings (SSSR count). The van der Waals surface area contributed by atoms with Crippen molar-refractivity contribution in [1.82, 2.24) is 0 Å². The summed E-state index contributed by atoms with van der Waals surface area (Å²) in [5, 5.41) is 10.7. The maximum Gasteiger partial charge on any atom is 0.127 e. The number of ether oxygens (including phenoxy) is 1. The second kappa shape index (κ2) is 25.9. The molecule has 3 atom stereocenters. The summed E-state index contributed by atoms with van der Waals surface area (Å²) in [6.07, 6.45) is 8.33. The first kappa shape index (κ1) is 64.2. The number of unbranched alkanes of at least 4 members (excludes halogenated alkanes) is 2. The highest BCUT2D eigenvalue weighted by Crippen LogP contribution is 2.55. The van der Waals surface area contributed by atoms with Crippen LogP contribution in [0.4, 0.5) is 0 Å². The van der Waals surface area contributed by atoms with E-state index in [4.69, 9.17) is 4.74 Å². The average Bonchev–Trinajstić information content (AvgIpc) is 2.46. The normalized spacial score (nSPS) is 18.8. The van der Waals surface area contributed by atoms with E-state index in [2.05, 4.69) is 33.8 Å². The fourth-order valence-electron chi connectivity index (χ4n) is 4.74. The third kappa shape index (κ3) is 13.6. The number of benzene rings is 1. The molecule has 0 amide bonds. The summed E-state index contributed by atoms with van der Waals surface area (Å²) < 4.78 is 6.39. The second-order valence-corrected chi connectivity index (χ2v) is 8.32. The van der Waals surface area contributed by atoms with Crippen LogP contribution in [0.25, 0.3) is 0 Å². The van der Waals surface area contributed by atoms with Crippen molar-refractivity contribution in [2.24, 2.45) is 11.8 Å². The van der Waals surface area contributed by atoms with Crippen molar-refractivity contribution in [3.05, 3.63) is 23.3 Å². The van der Waals surface area contributed by atoms with Crippen molar-refractivity contribution in [2.45, 2.75) is 173 Å². The van der Waals surface area contributed by atoms with E-state index in [0.29, 0.717) is 17.6 Å². The fourth-order valence-corrected chi connectivity index (χ4v) is 4.74. The SMILES string of the molecule is C.C.C.C.C.C.C.C.C.C.C.C.CCCCCc1cc(O)c2c(c1)OC(C)(C)C1CCC(C)CC21. The average molecular weight is 509 g/mol. The van der Waals surface area contributed by atoms with Crippen molar-refractivity contribution in [3.63, 3.8) is 0 Å². The van der Waals surface area contributed by atoms with Crippen molar-refractivity contribution >= 4 is 0 Å². The number of hydrogen-bond donors (Lipinski definition) is 1. The molecule has 2 heteroatoms. The Kier molecular flexibility index (Phi) is 47.5. The van der Waals surface area contributed by atoms with Gasteiger partial charge in [0.1, 0.15) is 17.1 Å². The van der Waals surface area contributed by atoms with E-state index in [1.165, 1.54) is 44.1 Å². The number of hydrogen-bond acceptors (Lipinski definition) is 2. The number of aryl methyl sites for hydroxylation is 1. The van der Waals surface area contributed by atoms with E-state index < -0.39 is 0 Å². The maximum atomic E-state index is 10.7. The summed E-state index contributed by atoms with van der Waals surface area (Å²) in [6, 6.07) is 4.19. The summed E-state index contributed by atoms with van der Waals surface area (Å²) in [5.41, 5.74) is 2.17. The first-order chi connectivity index (χ1) is 10.9. The molecule has 0 spiro atoms. The number of phenolic OH excluding ortho intramolecular Hbond substituents is 1. The molecule has 1 aromatic rings. The Morgan fingerprint density at radius 1 is 0.829 bits per heavy atom. The summed E-state index contributed by atoms with van der Waals surface area (Å²) in [4.78, 5) is 0. The highest BCUT2D eigenvalue weighted by molar-refractivity contribution is 5.52. The van der Waals surface area contributed by atoms with Crippen LogP contribution >= 0.6 is 0 Å². The Balaban J connectivity index is -0.0000000651. The van der Waals surface area contributed by atoms with Gasteiger partial charge in [0.15, 0.2) is 0 Å². The van der Waals surface area contributed by atoms with Crippen molar-refractivity contribution < 1.29 is 9.84 Å². The van der Waals surface area contributed by atoms with Gasteiger partial charge in [-0.25, -0.2) is 0 Å². The largest absolute Gasteiger partial charge is 0.508 e. The lowest BCUT2D eigenvalue weighted by atomic mass is 9.64. The van der Waals surface area contributed by atoms with Crippen LogP contribution in [0.1, 0.15) is 172 Å². The molecule has 35 heavy (non-hydrogen) atoms. The van der Waals surface area contributed by atoms with Gasteiger partial charge in [0.05, 0.1) is 0 Å². The lowest BCUT2D eigenvalue weighted by molar-refractivity contribution is -0.0145. The van der Waals surface area contributed by atoms with Gasteiger partial charge in [0.2, 0.25) is 0 Å². The van der Waals surface area contributed by atoms with E-state index in [1.807, 2.05) is 6.07 Å². The third-order valence-corrected chi connectivity index (χ3v) is 6.00. The molecule has 1 heterocycles. The Morgan fingerprint density at radius 2 is 1.34 bits per heavy atom. The van der Waals surface area contributed by atoms with Crippen molar-refractivity contribution in [3.8, 4) is 11.5 Å². The van der Waals surface area contributed by atoms with Crippen LogP contribution in [-0.2, 0) is 6.42 Å². The molecule has 1 aromatic carbocycles. The minimum Gasteiger partial charge on any atom is -0.508 e. The number of aromatic hydroxyl groups is 1. The van der Waals surface area contributed by atoms with Gasteiger partial charge in [-0.2, -0.15) is 0 Å². The van der Waals surface area contributed by atoms with Crippen molar-refractivity contribution in [1.29, 1.82) is 0 Å².